The molecule has 0 radical (unpaired) electrons. The average molecular weight is 276 g/mol. The lowest BCUT2D eigenvalue weighted by molar-refractivity contribution is 0.0981. The van der Waals surface area contributed by atoms with Crippen molar-refractivity contribution in [3.63, 3.8) is 0 Å². The molecule has 2 aliphatic heterocycles. The first kappa shape index (κ1) is 13.4. The molecular weight excluding hydrogens is 256 g/mol. The number of carbonyl (C=O) groups excluding carboxylic acids is 1. The number of hydrogen-bond acceptors (Lipinski definition) is 3. The van der Waals surface area contributed by atoms with E-state index in [2.05, 4.69) is 10.6 Å². The van der Waals surface area contributed by atoms with E-state index >= 15 is 0 Å². The van der Waals surface area contributed by atoms with Gasteiger partial charge < -0.3 is 20.5 Å². The Labute approximate surface area is 118 Å². The number of hydrogen-bond donors (Lipinski definition) is 3. The molecule has 20 heavy (non-hydrogen) atoms. The van der Waals surface area contributed by atoms with Gasteiger partial charge in [0.25, 0.3) is 0 Å². The zero-order valence-electron chi connectivity index (χ0n) is 11.3. The van der Waals surface area contributed by atoms with Crippen molar-refractivity contribution in [2.24, 2.45) is 0 Å². The standard InChI is InChI=1S/C15H20N2O3/c18-9-11-4-2-1-3-10(11)8-16-15(19)17-13-7-12-5-6-14(13)20-12/h1-4,12-14,18H,5-9H2,(H2,16,17,19). The van der Waals surface area contributed by atoms with Crippen molar-refractivity contribution in [3.05, 3.63) is 35.4 Å². The van der Waals surface area contributed by atoms with Crippen LogP contribution in [0, 0.1) is 0 Å². The number of amides is 2. The lowest BCUT2D eigenvalue weighted by Gasteiger charge is -2.20. The first-order valence-corrected chi connectivity index (χ1v) is 7.13. The van der Waals surface area contributed by atoms with Gasteiger partial charge in [-0.05, 0) is 30.4 Å². The Hall–Kier alpha value is -1.59. The van der Waals surface area contributed by atoms with E-state index in [0.717, 1.165) is 30.4 Å². The van der Waals surface area contributed by atoms with Gasteiger partial charge in [-0.15, -0.1) is 0 Å². The molecule has 3 unspecified atom stereocenters. The minimum atomic E-state index is -0.168. The second-order valence-electron chi connectivity index (χ2n) is 5.47. The van der Waals surface area contributed by atoms with Crippen LogP contribution in [0.2, 0.25) is 0 Å². The SMILES string of the molecule is O=C(NCc1ccccc1CO)NC1CC2CCC1O2. The molecule has 2 aliphatic rings. The number of ether oxygens (including phenoxy) is 1. The molecule has 1 aromatic rings. The third-order valence-electron chi connectivity index (χ3n) is 4.15. The maximum absolute atomic E-state index is 11.9. The zero-order chi connectivity index (χ0) is 13.9. The predicted molar refractivity (Wildman–Crippen MR) is 74.0 cm³/mol. The van der Waals surface area contributed by atoms with Crippen LogP contribution in [-0.2, 0) is 17.9 Å². The summed E-state index contributed by atoms with van der Waals surface area (Å²) < 4.78 is 5.71. The van der Waals surface area contributed by atoms with E-state index in [-0.39, 0.29) is 24.8 Å². The molecule has 2 amide bonds. The van der Waals surface area contributed by atoms with E-state index in [1.54, 1.807) is 0 Å². The molecule has 1 aromatic carbocycles. The van der Waals surface area contributed by atoms with Gasteiger partial charge in [-0.2, -0.15) is 0 Å². The second kappa shape index (κ2) is 5.81. The molecule has 2 fully saturated rings. The van der Waals surface area contributed by atoms with Crippen LogP contribution in [0.5, 0.6) is 0 Å². The van der Waals surface area contributed by atoms with Gasteiger partial charge >= 0.3 is 6.03 Å². The minimum Gasteiger partial charge on any atom is -0.392 e. The fourth-order valence-electron chi connectivity index (χ4n) is 3.07. The first-order valence-electron chi connectivity index (χ1n) is 7.13. The van der Waals surface area contributed by atoms with Gasteiger partial charge in [0.1, 0.15) is 0 Å². The Bertz CT molecular complexity index is 492. The van der Waals surface area contributed by atoms with E-state index in [1.165, 1.54) is 0 Å². The summed E-state index contributed by atoms with van der Waals surface area (Å²) in [6.45, 7) is 0.407. The van der Waals surface area contributed by atoms with Crippen LogP contribution >= 0.6 is 0 Å². The number of nitrogens with one attached hydrogen (secondary N) is 2. The molecule has 2 saturated heterocycles. The van der Waals surface area contributed by atoms with Crippen LogP contribution in [0.3, 0.4) is 0 Å². The van der Waals surface area contributed by atoms with E-state index in [9.17, 15) is 9.90 Å². The van der Waals surface area contributed by atoms with Crippen molar-refractivity contribution in [2.45, 2.75) is 50.7 Å². The summed E-state index contributed by atoms with van der Waals surface area (Å²) in [5.41, 5.74) is 1.78. The van der Waals surface area contributed by atoms with E-state index < -0.39 is 0 Å². The molecule has 2 bridgehead atoms. The smallest absolute Gasteiger partial charge is 0.315 e. The monoisotopic (exact) mass is 276 g/mol. The summed E-state index contributed by atoms with van der Waals surface area (Å²) in [6, 6.07) is 7.52. The normalized spacial score (nSPS) is 27.6. The molecular formula is C15H20N2O3. The number of urea groups is 1. The molecule has 5 heteroatoms. The quantitative estimate of drug-likeness (QED) is 0.776. The summed E-state index contributed by atoms with van der Waals surface area (Å²) in [4.78, 5) is 11.9. The topological polar surface area (TPSA) is 70.6 Å². The van der Waals surface area contributed by atoms with E-state index in [4.69, 9.17) is 4.74 Å². The van der Waals surface area contributed by atoms with Gasteiger partial charge in [0.15, 0.2) is 0 Å². The number of aliphatic hydroxyl groups excluding tert-OH is 1. The van der Waals surface area contributed by atoms with Crippen LogP contribution in [0.1, 0.15) is 30.4 Å². The highest BCUT2D eigenvalue weighted by molar-refractivity contribution is 5.74. The molecule has 0 aliphatic carbocycles. The molecule has 0 spiro atoms. The number of carbonyl (C=O) groups is 1. The maximum atomic E-state index is 11.9. The summed E-state index contributed by atoms with van der Waals surface area (Å²) in [5, 5.41) is 15.1. The minimum absolute atomic E-state index is 0.0142. The summed E-state index contributed by atoms with van der Waals surface area (Å²) in [5.74, 6) is 0. The lowest BCUT2D eigenvalue weighted by atomic mass is 9.96. The first-order chi connectivity index (χ1) is 9.76. The Morgan fingerprint density at radius 3 is 2.75 bits per heavy atom. The Kier molecular flexibility index (Phi) is 3.89. The number of aliphatic hydroxyl groups is 1. The molecule has 2 heterocycles. The van der Waals surface area contributed by atoms with Crippen LogP contribution in [0.15, 0.2) is 24.3 Å². The molecule has 0 aromatic heterocycles. The van der Waals surface area contributed by atoms with Crippen LogP contribution in [-0.4, -0.2) is 29.4 Å². The van der Waals surface area contributed by atoms with Crippen LogP contribution < -0.4 is 10.6 Å². The fraction of sp³-hybridized carbons (Fsp3) is 0.533. The molecule has 3 N–H and O–H groups in total. The van der Waals surface area contributed by atoms with Gasteiger partial charge in [-0.1, -0.05) is 24.3 Å². The molecule has 3 atom stereocenters. The maximum Gasteiger partial charge on any atom is 0.315 e. The van der Waals surface area contributed by atoms with Gasteiger partial charge in [0.2, 0.25) is 0 Å². The lowest BCUT2D eigenvalue weighted by Crippen LogP contribution is -2.46. The Balaban J connectivity index is 1.50. The van der Waals surface area contributed by atoms with Crippen molar-refractivity contribution in [2.75, 3.05) is 0 Å². The van der Waals surface area contributed by atoms with Crippen LogP contribution in [0.4, 0.5) is 4.79 Å². The molecule has 108 valence electrons. The van der Waals surface area contributed by atoms with Gasteiger partial charge in [-0.3, -0.25) is 0 Å². The van der Waals surface area contributed by atoms with Crippen LogP contribution in [0.25, 0.3) is 0 Å². The molecule has 5 nitrogen and oxygen atoms in total. The highest BCUT2D eigenvalue weighted by Gasteiger charge is 2.41. The Morgan fingerprint density at radius 1 is 1.30 bits per heavy atom. The Morgan fingerprint density at radius 2 is 2.10 bits per heavy atom. The predicted octanol–water partition coefficient (Wildman–Crippen LogP) is 1.30. The number of fused-ring (bicyclic) bond motifs is 2. The highest BCUT2D eigenvalue weighted by atomic mass is 16.5. The van der Waals surface area contributed by atoms with E-state index in [1.807, 2.05) is 24.3 Å². The summed E-state index contributed by atoms with van der Waals surface area (Å²) in [6.07, 6.45) is 3.61. The summed E-state index contributed by atoms with van der Waals surface area (Å²) in [7, 11) is 0. The molecule has 3 rings (SSSR count). The summed E-state index contributed by atoms with van der Waals surface area (Å²) >= 11 is 0. The highest BCUT2D eigenvalue weighted by Crippen LogP contribution is 2.34. The van der Waals surface area contributed by atoms with Crippen molar-refractivity contribution in [1.29, 1.82) is 0 Å². The third-order valence-corrected chi connectivity index (χ3v) is 4.15. The number of benzene rings is 1. The van der Waals surface area contributed by atoms with Gasteiger partial charge in [0.05, 0.1) is 24.9 Å². The van der Waals surface area contributed by atoms with Gasteiger partial charge in [0, 0.05) is 6.54 Å². The van der Waals surface area contributed by atoms with Crippen molar-refractivity contribution in [1.82, 2.24) is 10.6 Å². The van der Waals surface area contributed by atoms with Gasteiger partial charge in [-0.25, -0.2) is 4.79 Å². The molecule has 0 saturated carbocycles. The number of rotatable bonds is 4. The fourth-order valence-corrected chi connectivity index (χ4v) is 3.07. The third kappa shape index (κ3) is 2.78. The second-order valence-corrected chi connectivity index (χ2v) is 5.47. The van der Waals surface area contributed by atoms with Crippen molar-refractivity contribution in [3.8, 4) is 0 Å². The zero-order valence-corrected chi connectivity index (χ0v) is 11.3. The van der Waals surface area contributed by atoms with E-state index in [0.29, 0.717) is 12.6 Å². The average Bonchev–Trinajstić information content (AvgIpc) is 3.08. The van der Waals surface area contributed by atoms with Crippen molar-refractivity contribution < 1.29 is 14.6 Å². The largest absolute Gasteiger partial charge is 0.392 e. The van der Waals surface area contributed by atoms with Crippen molar-refractivity contribution >= 4 is 6.03 Å².